The van der Waals surface area contributed by atoms with Crippen molar-refractivity contribution < 1.29 is 19.1 Å². The first-order valence-electron chi connectivity index (χ1n) is 13.8. The van der Waals surface area contributed by atoms with Gasteiger partial charge in [0.1, 0.15) is 24.8 Å². The second kappa shape index (κ2) is 11.9. The number of para-hydroxylation sites is 3. The summed E-state index contributed by atoms with van der Waals surface area (Å²) in [6, 6.07) is 21.4. The lowest BCUT2D eigenvalue weighted by atomic mass is 10.0. The van der Waals surface area contributed by atoms with Gasteiger partial charge < -0.3 is 18.9 Å². The monoisotopic (exact) mass is 540 g/mol. The standard InChI is InChI=1S/C32H36N4O4/c1-5-23-11-9-10-22(3)31(23)36(21-40-6-2)30(38)20-35-28-13-8-7-12-27(28)33-32(35)24-18-29(37)34(19-24)25-14-16-26(39-4)17-15-25/h7-17,24H,5-6,18-21H2,1-4H3. The number of fused-ring (bicyclic) bond motifs is 1. The fourth-order valence-corrected chi connectivity index (χ4v) is 5.52. The molecule has 2 amide bonds. The molecule has 1 aliphatic rings. The Bertz CT molecular complexity index is 1510. The molecule has 2 heterocycles. The minimum Gasteiger partial charge on any atom is -0.497 e. The summed E-state index contributed by atoms with van der Waals surface area (Å²) in [7, 11) is 1.62. The van der Waals surface area contributed by atoms with E-state index in [2.05, 4.69) is 13.0 Å². The van der Waals surface area contributed by atoms with E-state index in [0.717, 1.165) is 51.5 Å². The van der Waals surface area contributed by atoms with Gasteiger partial charge in [-0.2, -0.15) is 0 Å². The summed E-state index contributed by atoms with van der Waals surface area (Å²) in [5, 5.41) is 0. The Balaban J connectivity index is 1.49. The van der Waals surface area contributed by atoms with Crippen molar-refractivity contribution in [1.29, 1.82) is 0 Å². The van der Waals surface area contributed by atoms with Crippen LogP contribution in [-0.2, 0) is 27.3 Å². The van der Waals surface area contributed by atoms with Crippen molar-refractivity contribution >= 4 is 34.2 Å². The molecule has 4 aromatic rings. The van der Waals surface area contributed by atoms with E-state index in [-0.39, 0.29) is 31.0 Å². The van der Waals surface area contributed by atoms with Crippen LogP contribution in [0.15, 0.2) is 66.7 Å². The number of benzene rings is 3. The molecule has 1 atom stereocenters. The molecule has 40 heavy (non-hydrogen) atoms. The molecular weight excluding hydrogens is 504 g/mol. The van der Waals surface area contributed by atoms with Crippen LogP contribution in [0.1, 0.15) is 43.1 Å². The summed E-state index contributed by atoms with van der Waals surface area (Å²) in [6.45, 7) is 7.29. The fourth-order valence-electron chi connectivity index (χ4n) is 5.52. The van der Waals surface area contributed by atoms with Crippen LogP contribution in [0.5, 0.6) is 5.75 Å². The molecule has 0 aliphatic carbocycles. The molecule has 208 valence electrons. The van der Waals surface area contributed by atoms with Crippen LogP contribution < -0.4 is 14.5 Å². The van der Waals surface area contributed by atoms with Gasteiger partial charge in [-0.1, -0.05) is 37.3 Å². The molecule has 8 heteroatoms. The first-order chi connectivity index (χ1) is 19.4. The smallest absolute Gasteiger partial charge is 0.248 e. The number of aryl methyl sites for hydroxylation is 2. The van der Waals surface area contributed by atoms with Crippen molar-refractivity contribution in [3.05, 3.63) is 83.7 Å². The average Bonchev–Trinajstić information content (AvgIpc) is 3.54. The number of hydrogen-bond acceptors (Lipinski definition) is 5. The van der Waals surface area contributed by atoms with E-state index in [1.54, 1.807) is 16.9 Å². The topological polar surface area (TPSA) is 76.9 Å². The molecule has 0 radical (unpaired) electrons. The van der Waals surface area contributed by atoms with Crippen molar-refractivity contribution in [2.75, 3.05) is 36.8 Å². The van der Waals surface area contributed by atoms with Crippen molar-refractivity contribution in [3.63, 3.8) is 0 Å². The second-order valence-corrected chi connectivity index (χ2v) is 10.0. The zero-order chi connectivity index (χ0) is 28.2. The van der Waals surface area contributed by atoms with Gasteiger partial charge in [0.25, 0.3) is 0 Å². The van der Waals surface area contributed by atoms with Crippen molar-refractivity contribution in [3.8, 4) is 5.75 Å². The predicted molar refractivity (Wildman–Crippen MR) is 157 cm³/mol. The predicted octanol–water partition coefficient (Wildman–Crippen LogP) is 5.46. The number of ether oxygens (including phenoxy) is 2. The van der Waals surface area contributed by atoms with Gasteiger partial charge in [-0.15, -0.1) is 0 Å². The Morgan fingerprint density at radius 2 is 1.82 bits per heavy atom. The highest BCUT2D eigenvalue weighted by molar-refractivity contribution is 5.97. The molecule has 0 N–H and O–H groups in total. The van der Waals surface area contributed by atoms with E-state index in [1.807, 2.05) is 79.1 Å². The lowest BCUT2D eigenvalue weighted by Gasteiger charge is -2.27. The maximum absolute atomic E-state index is 14.1. The zero-order valence-corrected chi connectivity index (χ0v) is 23.6. The molecular formula is C32H36N4O4. The van der Waals surface area contributed by atoms with Gasteiger partial charge in [-0.3, -0.25) is 14.5 Å². The normalized spacial score (nSPS) is 15.2. The molecule has 8 nitrogen and oxygen atoms in total. The highest BCUT2D eigenvalue weighted by Gasteiger charge is 2.35. The van der Waals surface area contributed by atoms with Crippen molar-refractivity contribution in [2.45, 2.75) is 46.1 Å². The van der Waals surface area contributed by atoms with Gasteiger partial charge in [0.2, 0.25) is 11.8 Å². The lowest BCUT2D eigenvalue weighted by Crippen LogP contribution is -2.37. The molecule has 0 bridgehead atoms. The van der Waals surface area contributed by atoms with Gasteiger partial charge in [-0.25, -0.2) is 4.98 Å². The number of amides is 2. The van der Waals surface area contributed by atoms with E-state index in [1.165, 1.54) is 0 Å². The number of aromatic nitrogens is 2. The van der Waals surface area contributed by atoms with Gasteiger partial charge >= 0.3 is 0 Å². The third-order valence-electron chi connectivity index (χ3n) is 7.55. The molecule has 5 rings (SSSR count). The van der Waals surface area contributed by atoms with Crippen LogP contribution in [0.25, 0.3) is 11.0 Å². The lowest BCUT2D eigenvalue weighted by molar-refractivity contribution is -0.120. The third kappa shape index (κ3) is 5.31. The fraction of sp³-hybridized carbons (Fsp3) is 0.344. The number of carbonyl (C=O) groups excluding carboxylic acids is 2. The highest BCUT2D eigenvalue weighted by Crippen LogP contribution is 2.34. The Morgan fingerprint density at radius 3 is 2.55 bits per heavy atom. The summed E-state index contributed by atoms with van der Waals surface area (Å²) in [5.74, 6) is 1.28. The van der Waals surface area contributed by atoms with Gasteiger partial charge in [-0.05, 0) is 67.8 Å². The summed E-state index contributed by atoms with van der Waals surface area (Å²) < 4.78 is 13.0. The summed E-state index contributed by atoms with van der Waals surface area (Å²) in [5.41, 5.74) is 5.53. The van der Waals surface area contributed by atoms with Crippen LogP contribution in [0.3, 0.4) is 0 Å². The van der Waals surface area contributed by atoms with E-state index in [4.69, 9.17) is 14.5 Å². The molecule has 1 unspecified atom stereocenters. The minimum absolute atomic E-state index is 0.0329. The number of methoxy groups -OCH3 is 1. The Morgan fingerprint density at radius 1 is 1.05 bits per heavy atom. The first-order valence-corrected chi connectivity index (χ1v) is 13.8. The van der Waals surface area contributed by atoms with E-state index in [9.17, 15) is 9.59 Å². The van der Waals surface area contributed by atoms with Gasteiger partial charge in [0.15, 0.2) is 0 Å². The van der Waals surface area contributed by atoms with Gasteiger partial charge in [0.05, 0.1) is 23.8 Å². The largest absolute Gasteiger partial charge is 0.497 e. The number of anilines is 2. The maximum Gasteiger partial charge on any atom is 0.248 e. The molecule has 1 aliphatic heterocycles. The molecule has 3 aromatic carbocycles. The highest BCUT2D eigenvalue weighted by atomic mass is 16.5. The van der Waals surface area contributed by atoms with Crippen LogP contribution in [0.4, 0.5) is 11.4 Å². The Labute approximate surface area is 235 Å². The van der Waals surface area contributed by atoms with Crippen molar-refractivity contribution in [2.24, 2.45) is 0 Å². The van der Waals surface area contributed by atoms with Crippen LogP contribution in [-0.4, -0.2) is 48.4 Å². The zero-order valence-electron chi connectivity index (χ0n) is 23.6. The molecule has 1 saturated heterocycles. The third-order valence-corrected chi connectivity index (χ3v) is 7.55. The van der Waals surface area contributed by atoms with E-state index < -0.39 is 0 Å². The van der Waals surface area contributed by atoms with Gasteiger partial charge in [0, 0.05) is 31.2 Å². The summed E-state index contributed by atoms with van der Waals surface area (Å²) in [4.78, 5) is 35.7. The van der Waals surface area contributed by atoms with Crippen LogP contribution in [0.2, 0.25) is 0 Å². The van der Waals surface area contributed by atoms with E-state index in [0.29, 0.717) is 19.6 Å². The first kappa shape index (κ1) is 27.4. The molecule has 1 aromatic heterocycles. The van der Waals surface area contributed by atoms with E-state index >= 15 is 0 Å². The SMILES string of the molecule is CCOCN(C(=O)Cn1c(C2CC(=O)N(c3ccc(OC)cc3)C2)nc2ccccc21)c1c(C)cccc1CC. The molecule has 1 fully saturated rings. The van der Waals surface area contributed by atoms with Crippen LogP contribution >= 0.6 is 0 Å². The van der Waals surface area contributed by atoms with Crippen LogP contribution in [0, 0.1) is 6.92 Å². The van der Waals surface area contributed by atoms with Crippen molar-refractivity contribution in [1.82, 2.24) is 9.55 Å². The number of carbonyl (C=O) groups is 2. The Kier molecular flexibility index (Phi) is 8.16. The summed E-state index contributed by atoms with van der Waals surface area (Å²) in [6.07, 6.45) is 1.13. The summed E-state index contributed by atoms with van der Waals surface area (Å²) >= 11 is 0. The number of hydrogen-bond donors (Lipinski definition) is 0. The average molecular weight is 541 g/mol. The Hall–Kier alpha value is -4.17. The molecule has 0 saturated carbocycles. The second-order valence-electron chi connectivity index (χ2n) is 10.0. The number of nitrogens with zero attached hydrogens (tertiary/aromatic N) is 4. The quantitative estimate of drug-likeness (QED) is 0.250. The number of imidazole rings is 1. The maximum atomic E-state index is 14.1. The number of rotatable bonds is 10. The minimum atomic E-state index is -0.153. The molecule has 0 spiro atoms.